The Morgan fingerprint density at radius 2 is 2.18 bits per heavy atom. The number of nitrogens with one attached hydrogen (secondary N) is 3. The van der Waals surface area contributed by atoms with Gasteiger partial charge in [-0.05, 0) is 62.5 Å². The van der Waals surface area contributed by atoms with Crippen LogP contribution in [0, 0.1) is 12.8 Å². The summed E-state index contributed by atoms with van der Waals surface area (Å²) in [6, 6.07) is 5.65. The van der Waals surface area contributed by atoms with E-state index in [-0.39, 0.29) is 18.4 Å². The van der Waals surface area contributed by atoms with Crippen molar-refractivity contribution >= 4 is 33.4 Å². The van der Waals surface area contributed by atoms with Gasteiger partial charge >= 0.3 is 0 Å². The second-order valence-corrected chi connectivity index (χ2v) is 6.60. The molecule has 2 rings (SSSR count). The van der Waals surface area contributed by atoms with Crippen molar-refractivity contribution in [3.63, 3.8) is 0 Å². The molecule has 2 amide bonds. The van der Waals surface area contributed by atoms with Crippen molar-refractivity contribution in [2.75, 3.05) is 25.0 Å². The highest BCUT2D eigenvalue weighted by Crippen LogP contribution is 2.19. The van der Waals surface area contributed by atoms with Gasteiger partial charge in [-0.2, -0.15) is 0 Å². The van der Waals surface area contributed by atoms with Crippen molar-refractivity contribution < 1.29 is 9.59 Å². The summed E-state index contributed by atoms with van der Waals surface area (Å²) >= 11 is 3.38. The Bertz CT molecular complexity index is 542. The highest BCUT2D eigenvalue weighted by molar-refractivity contribution is 9.10. The molecule has 1 heterocycles. The molecule has 3 N–H and O–H groups in total. The van der Waals surface area contributed by atoms with E-state index in [4.69, 9.17) is 0 Å². The molecule has 1 atom stereocenters. The fourth-order valence-electron chi connectivity index (χ4n) is 2.53. The fourth-order valence-corrected chi connectivity index (χ4v) is 3.00. The summed E-state index contributed by atoms with van der Waals surface area (Å²) in [5.41, 5.74) is 1.74. The van der Waals surface area contributed by atoms with Crippen LogP contribution in [0.4, 0.5) is 5.69 Å². The Kier molecular flexibility index (Phi) is 6.39. The molecule has 1 aliphatic rings. The van der Waals surface area contributed by atoms with Crippen LogP contribution in [-0.4, -0.2) is 31.4 Å². The van der Waals surface area contributed by atoms with E-state index in [0.29, 0.717) is 12.3 Å². The SMILES string of the molecule is Cc1cc(Br)ccc1NC(=O)CNC(=O)CCC1CCNC1. The maximum Gasteiger partial charge on any atom is 0.243 e. The number of hydrogen-bond donors (Lipinski definition) is 3. The Morgan fingerprint density at radius 1 is 1.36 bits per heavy atom. The van der Waals surface area contributed by atoms with Crippen LogP contribution < -0.4 is 16.0 Å². The van der Waals surface area contributed by atoms with Gasteiger partial charge in [0.15, 0.2) is 0 Å². The molecule has 1 unspecified atom stereocenters. The second-order valence-electron chi connectivity index (χ2n) is 5.68. The number of hydrogen-bond acceptors (Lipinski definition) is 3. The number of rotatable bonds is 6. The lowest BCUT2D eigenvalue weighted by Gasteiger charge is -2.10. The average molecular weight is 368 g/mol. The molecule has 1 aromatic rings. The predicted octanol–water partition coefficient (Wildman–Crippen LogP) is 2.20. The minimum atomic E-state index is -0.207. The largest absolute Gasteiger partial charge is 0.347 e. The molecule has 1 aromatic carbocycles. The van der Waals surface area contributed by atoms with Crippen LogP contribution in [0.1, 0.15) is 24.8 Å². The first kappa shape index (κ1) is 17.0. The number of carbonyl (C=O) groups is 2. The van der Waals surface area contributed by atoms with Crippen LogP contribution in [0.5, 0.6) is 0 Å². The molecule has 0 saturated carbocycles. The van der Waals surface area contributed by atoms with Gasteiger partial charge in [0.25, 0.3) is 0 Å². The minimum absolute atomic E-state index is 0.0112. The number of anilines is 1. The first-order chi connectivity index (χ1) is 10.5. The number of aryl methyl sites for hydroxylation is 1. The lowest BCUT2D eigenvalue weighted by Crippen LogP contribution is -2.33. The Morgan fingerprint density at radius 3 is 2.86 bits per heavy atom. The van der Waals surface area contributed by atoms with Crippen LogP contribution in [0.3, 0.4) is 0 Å². The van der Waals surface area contributed by atoms with Crippen LogP contribution in [-0.2, 0) is 9.59 Å². The summed E-state index contributed by atoms with van der Waals surface area (Å²) in [7, 11) is 0. The van der Waals surface area contributed by atoms with E-state index in [0.717, 1.165) is 41.7 Å². The smallest absolute Gasteiger partial charge is 0.243 e. The molecular formula is C16H22BrN3O2. The summed E-state index contributed by atoms with van der Waals surface area (Å²) < 4.78 is 0.970. The van der Waals surface area contributed by atoms with Crippen LogP contribution in [0.15, 0.2) is 22.7 Å². The van der Waals surface area contributed by atoms with Crippen LogP contribution in [0.2, 0.25) is 0 Å². The molecule has 0 spiro atoms. The number of halogens is 1. The van der Waals surface area contributed by atoms with Gasteiger partial charge < -0.3 is 16.0 Å². The van der Waals surface area contributed by atoms with Gasteiger partial charge in [0, 0.05) is 16.6 Å². The van der Waals surface area contributed by atoms with Gasteiger partial charge in [0.05, 0.1) is 6.54 Å². The average Bonchev–Trinajstić information content (AvgIpc) is 2.99. The zero-order valence-electron chi connectivity index (χ0n) is 12.7. The van der Waals surface area contributed by atoms with Crippen molar-refractivity contribution in [2.45, 2.75) is 26.2 Å². The quantitative estimate of drug-likeness (QED) is 0.721. The van der Waals surface area contributed by atoms with Crippen molar-refractivity contribution in [1.29, 1.82) is 0 Å². The lowest BCUT2D eigenvalue weighted by molar-refractivity contribution is -0.124. The summed E-state index contributed by atoms with van der Waals surface area (Å²) in [6.45, 7) is 3.98. The standard InChI is InChI=1S/C16H22BrN3O2/c1-11-8-13(17)3-4-14(11)20-16(22)10-19-15(21)5-2-12-6-7-18-9-12/h3-4,8,12,18H,2,5-7,9-10H2,1H3,(H,19,21)(H,20,22). The predicted molar refractivity (Wildman–Crippen MR) is 90.7 cm³/mol. The van der Waals surface area contributed by atoms with E-state index in [9.17, 15) is 9.59 Å². The fraction of sp³-hybridized carbons (Fsp3) is 0.500. The molecule has 5 nitrogen and oxygen atoms in total. The molecule has 120 valence electrons. The van der Waals surface area contributed by atoms with E-state index in [1.54, 1.807) is 0 Å². The Labute approximate surface area is 139 Å². The minimum Gasteiger partial charge on any atom is -0.347 e. The molecule has 0 radical (unpaired) electrons. The second kappa shape index (κ2) is 8.29. The molecule has 22 heavy (non-hydrogen) atoms. The van der Waals surface area contributed by atoms with Crippen molar-refractivity contribution in [3.05, 3.63) is 28.2 Å². The maximum absolute atomic E-state index is 11.9. The molecule has 0 aromatic heterocycles. The number of amides is 2. The van der Waals surface area contributed by atoms with E-state index in [1.165, 1.54) is 0 Å². The van der Waals surface area contributed by atoms with Gasteiger partial charge in [-0.3, -0.25) is 9.59 Å². The molecule has 0 bridgehead atoms. The summed E-state index contributed by atoms with van der Waals surface area (Å²) in [5.74, 6) is 0.320. The third-order valence-corrected chi connectivity index (χ3v) is 4.34. The highest BCUT2D eigenvalue weighted by atomic mass is 79.9. The van der Waals surface area contributed by atoms with Gasteiger partial charge in [0.1, 0.15) is 0 Å². The Balaban J connectivity index is 1.69. The molecular weight excluding hydrogens is 346 g/mol. The number of carbonyl (C=O) groups excluding carboxylic acids is 2. The summed E-state index contributed by atoms with van der Waals surface area (Å²) in [4.78, 5) is 23.6. The summed E-state index contributed by atoms with van der Waals surface area (Å²) in [6.07, 6.45) is 2.50. The molecule has 1 aliphatic heterocycles. The van der Waals surface area contributed by atoms with Crippen molar-refractivity contribution in [3.8, 4) is 0 Å². The monoisotopic (exact) mass is 367 g/mol. The van der Waals surface area contributed by atoms with Gasteiger partial charge in [-0.1, -0.05) is 15.9 Å². The van der Waals surface area contributed by atoms with Gasteiger partial charge in [-0.25, -0.2) is 0 Å². The zero-order valence-corrected chi connectivity index (χ0v) is 14.3. The van der Waals surface area contributed by atoms with Crippen LogP contribution in [0.25, 0.3) is 0 Å². The lowest BCUT2D eigenvalue weighted by atomic mass is 10.0. The van der Waals surface area contributed by atoms with E-state index in [2.05, 4.69) is 31.9 Å². The first-order valence-electron chi connectivity index (χ1n) is 7.58. The summed E-state index contributed by atoms with van der Waals surface area (Å²) in [5, 5.41) is 8.77. The molecule has 0 aliphatic carbocycles. The van der Waals surface area contributed by atoms with Crippen LogP contribution >= 0.6 is 15.9 Å². The normalized spacial score (nSPS) is 17.3. The van der Waals surface area contributed by atoms with Crippen molar-refractivity contribution in [2.24, 2.45) is 5.92 Å². The Hall–Kier alpha value is -1.40. The van der Waals surface area contributed by atoms with Crippen molar-refractivity contribution in [1.82, 2.24) is 10.6 Å². The van der Waals surface area contributed by atoms with Gasteiger partial charge in [0.2, 0.25) is 11.8 Å². The molecule has 1 fully saturated rings. The number of benzene rings is 1. The zero-order chi connectivity index (χ0) is 15.9. The third kappa shape index (κ3) is 5.42. The van der Waals surface area contributed by atoms with E-state index < -0.39 is 0 Å². The first-order valence-corrected chi connectivity index (χ1v) is 8.37. The van der Waals surface area contributed by atoms with E-state index in [1.807, 2.05) is 25.1 Å². The molecule has 1 saturated heterocycles. The highest BCUT2D eigenvalue weighted by Gasteiger charge is 2.16. The van der Waals surface area contributed by atoms with E-state index >= 15 is 0 Å². The third-order valence-electron chi connectivity index (χ3n) is 3.85. The van der Waals surface area contributed by atoms with Gasteiger partial charge in [-0.15, -0.1) is 0 Å². The molecule has 6 heteroatoms. The maximum atomic E-state index is 11.9. The topological polar surface area (TPSA) is 70.2 Å².